The largest absolute Gasteiger partial charge is 0.507 e. The molecular weight excluding hydrogens is 412 g/mol. The van der Waals surface area contributed by atoms with Crippen molar-refractivity contribution in [2.24, 2.45) is 0 Å². The maximum Gasteiger partial charge on any atom is 0.402 e. The van der Waals surface area contributed by atoms with Gasteiger partial charge < -0.3 is 45.2 Å². The van der Waals surface area contributed by atoms with E-state index in [9.17, 15) is 35.7 Å². The molecule has 10 nitrogen and oxygen atoms in total. The highest BCUT2D eigenvalue weighted by molar-refractivity contribution is 5.88. The Bertz CT molecular complexity index is 1130. The summed E-state index contributed by atoms with van der Waals surface area (Å²) in [5, 5.41) is 69.8. The van der Waals surface area contributed by atoms with Gasteiger partial charge in [0.15, 0.2) is 11.5 Å². The van der Waals surface area contributed by atoms with Crippen LogP contribution in [-0.2, 0) is 4.74 Å². The third kappa shape index (κ3) is 3.77. The fourth-order valence-electron chi connectivity index (χ4n) is 3.37. The van der Waals surface area contributed by atoms with Gasteiger partial charge in [0, 0.05) is 18.2 Å². The summed E-state index contributed by atoms with van der Waals surface area (Å²) in [4.78, 5) is 0. The van der Waals surface area contributed by atoms with E-state index in [0.29, 0.717) is 0 Å². The van der Waals surface area contributed by atoms with Gasteiger partial charge in [-0.1, -0.05) is 0 Å². The van der Waals surface area contributed by atoms with Gasteiger partial charge in [-0.25, -0.2) is 4.42 Å². The number of ether oxygens (including phenoxy) is 2. The van der Waals surface area contributed by atoms with Crippen molar-refractivity contribution in [2.45, 2.75) is 37.6 Å². The fourth-order valence-corrected chi connectivity index (χ4v) is 3.37. The Balaban J connectivity index is 1.85. The first-order valence-corrected chi connectivity index (χ1v) is 9.37. The molecule has 1 unspecified atom stereocenters. The van der Waals surface area contributed by atoms with Crippen LogP contribution in [-0.4, -0.2) is 66.5 Å². The average molecular weight is 433 g/mol. The fraction of sp³-hybridized carbons (Fsp3) is 0.286. The van der Waals surface area contributed by atoms with Crippen molar-refractivity contribution in [1.82, 2.24) is 0 Å². The molecule has 31 heavy (non-hydrogen) atoms. The van der Waals surface area contributed by atoms with Crippen LogP contribution in [0, 0.1) is 0 Å². The molecule has 10 heteroatoms. The second-order valence-corrected chi connectivity index (χ2v) is 7.32. The number of phenols is 4. The van der Waals surface area contributed by atoms with E-state index < -0.39 is 36.5 Å². The van der Waals surface area contributed by atoms with Crippen LogP contribution in [0.1, 0.15) is 6.92 Å². The van der Waals surface area contributed by atoms with Crippen LogP contribution in [0.2, 0.25) is 0 Å². The second kappa shape index (κ2) is 7.75. The molecule has 1 fully saturated rings. The summed E-state index contributed by atoms with van der Waals surface area (Å²) in [7, 11) is 0. The van der Waals surface area contributed by atoms with Gasteiger partial charge in [-0.05, 0) is 19.1 Å². The topological polar surface area (TPSA) is 171 Å². The zero-order valence-corrected chi connectivity index (χ0v) is 16.2. The first kappa shape index (κ1) is 20.9. The van der Waals surface area contributed by atoms with Gasteiger partial charge in [0.05, 0.1) is 17.7 Å². The summed E-state index contributed by atoms with van der Waals surface area (Å²) in [6, 6.07) is 7.58. The van der Waals surface area contributed by atoms with E-state index in [4.69, 9.17) is 13.9 Å². The Morgan fingerprint density at radius 3 is 2.29 bits per heavy atom. The summed E-state index contributed by atoms with van der Waals surface area (Å²) in [6.45, 7) is 1.49. The van der Waals surface area contributed by atoms with Crippen molar-refractivity contribution >= 4 is 11.0 Å². The Morgan fingerprint density at radius 2 is 1.58 bits per heavy atom. The van der Waals surface area contributed by atoms with Crippen molar-refractivity contribution < 1.29 is 49.6 Å². The normalized spacial score (nSPS) is 26.1. The van der Waals surface area contributed by atoms with Crippen LogP contribution in [0.25, 0.3) is 22.3 Å². The van der Waals surface area contributed by atoms with Crippen molar-refractivity contribution in [1.29, 1.82) is 0 Å². The van der Waals surface area contributed by atoms with E-state index in [2.05, 4.69) is 0 Å². The Morgan fingerprint density at radius 1 is 0.839 bits per heavy atom. The Hall–Kier alpha value is -3.31. The zero-order chi connectivity index (χ0) is 22.4. The number of benzene rings is 2. The molecule has 1 aliphatic heterocycles. The molecule has 1 saturated heterocycles. The van der Waals surface area contributed by atoms with Gasteiger partial charge >= 0.3 is 11.3 Å². The zero-order valence-electron chi connectivity index (χ0n) is 16.2. The number of fused-ring (bicyclic) bond motifs is 1. The number of rotatable bonds is 3. The molecule has 0 spiro atoms. The quantitative estimate of drug-likeness (QED) is 0.237. The maximum atomic E-state index is 10.3. The lowest BCUT2D eigenvalue weighted by Gasteiger charge is -2.38. The van der Waals surface area contributed by atoms with Crippen molar-refractivity contribution in [2.75, 3.05) is 0 Å². The number of aliphatic hydroxyl groups excluding tert-OH is 3. The molecule has 5 atom stereocenters. The summed E-state index contributed by atoms with van der Waals surface area (Å²) in [5.41, 5.74) is 0.343. The van der Waals surface area contributed by atoms with Gasteiger partial charge in [0.25, 0.3) is 0 Å². The van der Waals surface area contributed by atoms with Crippen LogP contribution in [0.3, 0.4) is 0 Å². The number of aliphatic hydroxyl groups is 3. The molecule has 4 rings (SSSR count). The predicted octanol–water partition coefficient (Wildman–Crippen LogP) is 1.41. The minimum atomic E-state index is -1.60. The van der Waals surface area contributed by atoms with E-state index >= 15 is 0 Å². The smallest absolute Gasteiger partial charge is 0.402 e. The van der Waals surface area contributed by atoms with Gasteiger partial charge in [-0.2, -0.15) is 0 Å². The van der Waals surface area contributed by atoms with E-state index in [1.54, 1.807) is 0 Å². The monoisotopic (exact) mass is 433 g/mol. The second-order valence-electron chi connectivity index (χ2n) is 7.32. The minimum Gasteiger partial charge on any atom is -0.507 e. The van der Waals surface area contributed by atoms with E-state index in [0.717, 1.165) is 6.07 Å². The minimum absolute atomic E-state index is 0.0110. The van der Waals surface area contributed by atoms with Gasteiger partial charge in [-0.3, -0.25) is 0 Å². The molecule has 0 bridgehead atoms. The number of hydrogen-bond acceptors (Lipinski definition) is 9. The average Bonchev–Trinajstić information content (AvgIpc) is 2.72. The number of aromatic hydroxyl groups is 4. The Kier molecular flexibility index (Phi) is 5.23. The Labute approximate surface area is 175 Å². The van der Waals surface area contributed by atoms with E-state index in [1.807, 2.05) is 0 Å². The third-order valence-electron chi connectivity index (χ3n) is 5.11. The van der Waals surface area contributed by atoms with Gasteiger partial charge in [0.1, 0.15) is 35.2 Å². The lowest BCUT2D eigenvalue weighted by Crippen LogP contribution is -2.58. The van der Waals surface area contributed by atoms with Crippen LogP contribution < -0.4 is 4.74 Å². The first-order chi connectivity index (χ1) is 14.7. The van der Waals surface area contributed by atoms with E-state index in [1.165, 1.54) is 37.3 Å². The summed E-state index contributed by atoms with van der Waals surface area (Å²) in [5.74, 6) is -1.38. The molecule has 2 aromatic carbocycles. The highest BCUT2D eigenvalue weighted by atomic mass is 16.7. The third-order valence-corrected chi connectivity index (χ3v) is 5.11. The van der Waals surface area contributed by atoms with Gasteiger partial charge in [-0.15, -0.1) is 0 Å². The van der Waals surface area contributed by atoms with Crippen molar-refractivity contribution in [3.8, 4) is 40.1 Å². The van der Waals surface area contributed by atoms with Crippen LogP contribution in [0.4, 0.5) is 0 Å². The SMILES string of the molecule is C[C@H]1OC(Oc2cc3c(O)cc(O)cc3[o+]c2-c2ccc(O)c(O)c2)[C@@H](O)[C@@H](O)[C@@H]1O. The molecule has 7 N–H and O–H groups in total. The molecular formula is C21H21O10+. The molecule has 2 heterocycles. The summed E-state index contributed by atoms with van der Waals surface area (Å²) >= 11 is 0. The van der Waals surface area contributed by atoms with Crippen LogP contribution in [0.5, 0.6) is 28.7 Å². The molecule has 0 saturated carbocycles. The summed E-state index contributed by atoms with van der Waals surface area (Å²) < 4.78 is 17.0. The maximum absolute atomic E-state index is 10.3. The highest BCUT2D eigenvalue weighted by Gasteiger charge is 2.44. The summed E-state index contributed by atoms with van der Waals surface area (Å²) in [6.07, 6.45) is -6.71. The lowest BCUT2D eigenvalue weighted by molar-refractivity contribution is -0.268. The lowest BCUT2D eigenvalue weighted by atomic mass is 10.00. The molecule has 1 aliphatic rings. The predicted molar refractivity (Wildman–Crippen MR) is 106 cm³/mol. The van der Waals surface area contributed by atoms with E-state index in [-0.39, 0.29) is 45.3 Å². The van der Waals surface area contributed by atoms with Crippen LogP contribution >= 0.6 is 0 Å². The van der Waals surface area contributed by atoms with Gasteiger partial charge in [0.2, 0.25) is 12.0 Å². The van der Waals surface area contributed by atoms with Crippen LogP contribution in [0.15, 0.2) is 40.8 Å². The molecule has 0 amide bonds. The number of hydrogen-bond donors (Lipinski definition) is 7. The molecule has 1 aromatic heterocycles. The highest BCUT2D eigenvalue weighted by Crippen LogP contribution is 2.42. The number of phenolic OH excluding ortho intramolecular Hbond substituents is 4. The van der Waals surface area contributed by atoms with Crippen molar-refractivity contribution in [3.05, 3.63) is 36.4 Å². The molecule has 0 radical (unpaired) electrons. The van der Waals surface area contributed by atoms with Crippen molar-refractivity contribution in [3.63, 3.8) is 0 Å². The molecule has 0 aliphatic carbocycles. The standard InChI is InChI=1S/C21H20O10/c1-8-17(26)18(27)19(28)21(29-8)31-16-7-11-13(24)5-10(22)6-15(11)30-20(16)9-2-3-12(23)14(25)4-9/h2-8,17-19,21,26-28H,1H3,(H3-,22,23,24,25)/p+1/t8-,17-,18+,19+,21?/m1/s1. The molecule has 164 valence electrons. The first-order valence-electron chi connectivity index (χ1n) is 9.37. The molecule has 3 aromatic rings.